The van der Waals surface area contributed by atoms with E-state index in [9.17, 15) is 10.3 Å². The largest absolute Gasteiger partial charge is 0.411 e. The van der Waals surface area contributed by atoms with Crippen molar-refractivity contribution in [3.8, 4) is 0 Å². The monoisotopic (exact) mass is 305 g/mol. The zero-order chi connectivity index (χ0) is 15.5. The highest BCUT2D eigenvalue weighted by Crippen LogP contribution is 2.65. The van der Waals surface area contributed by atoms with Crippen LogP contribution in [0.25, 0.3) is 0 Å². The highest BCUT2D eigenvalue weighted by Gasteiger charge is 2.59. The second kappa shape index (κ2) is 4.96. The molecule has 22 heavy (non-hydrogen) atoms. The average molecular weight is 305 g/mol. The van der Waals surface area contributed by atoms with E-state index in [1.807, 2.05) is 0 Å². The molecule has 0 amide bonds. The van der Waals surface area contributed by atoms with Crippen molar-refractivity contribution < 1.29 is 10.3 Å². The van der Waals surface area contributed by atoms with Gasteiger partial charge in [0.25, 0.3) is 0 Å². The average Bonchev–Trinajstić information content (AvgIpc) is 2.84. The maximum absolute atomic E-state index is 10.1. The minimum atomic E-state index is -0.0527. The number of aliphatic hydroxyl groups is 1. The van der Waals surface area contributed by atoms with Gasteiger partial charge in [0.2, 0.25) is 0 Å². The van der Waals surface area contributed by atoms with Gasteiger partial charge in [-0.1, -0.05) is 19.0 Å². The van der Waals surface area contributed by atoms with Crippen LogP contribution in [0.4, 0.5) is 0 Å². The molecular weight excluding hydrogens is 274 g/mol. The van der Waals surface area contributed by atoms with Crippen molar-refractivity contribution in [1.82, 2.24) is 0 Å². The van der Waals surface area contributed by atoms with Crippen molar-refractivity contribution >= 4 is 5.71 Å². The van der Waals surface area contributed by atoms with E-state index in [1.165, 1.54) is 38.5 Å². The molecule has 4 saturated carbocycles. The molecule has 4 aliphatic rings. The second-order valence-electron chi connectivity index (χ2n) is 9.13. The third kappa shape index (κ3) is 1.87. The summed E-state index contributed by atoms with van der Waals surface area (Å²) in [4.78, 5) is 0. The van der Waals surface area contributed by atoms with Crippen LogP contribution < -0.4 is 0 Å². The number of hydrogen-bond donors (Lipinski definition) is 2. The van der Waals surface area contributed by atoms with Gasteiger partial charge < -0.3 is 10.3 Å². The molecule has 3 nitrogen and oxygen atoms in total. The van der Waals surface area contributed by atoms with Crippen molar-refractivity contribution in [2.45, 2.75) is 77.7 Å². The van der Waals surface area contributed by atoms with Crippen molar-refractivity contribution in [1.29, 1.82) is 0 Å². The molecule has 0 unspecified atom stereocenters. The summed E-state index contributed by atoms with van der Waals surface area (Å²) in [6, 6.07) is 0. The van der Waals surface area contributed by atoms with Gasteiger partial charge in [-0.2, -0.15) is 0 Å². The lowest BCUT2D eigenvalue weighted by molar-refractivity contribution is -0.114. The molecule has 0 aromatic carbocycles. The van der Waals surface area contributed by atoms with Crippen LogP contribution in [0.2, 0.25) is 0 Å². The van der Waals surface area contributed by atoms with E-state index in [0.29, 0.717) is 5.41 Å². The van der Waals surface area contributed by atoms with Gasteiger partial charge in [0, 0.05) is 5.41 Å². The number of oxime groups is 1. The highest BCUT2D eigenvalue weighted by atomic mass is 16.4. The smallest absolute Gasteiger partial charge is 0.0632 e. The normalized spacial score (nSPS) is 56.3. The van der Waals surface area contributed by atoms with Gasteiger partial charge in [-0.15, -0.1) is 0 Å². The first-order valence-corrected chi connectivity index (χ1v) is 9.38. The first kappa shape index (κ1) is 15.0. The van der Waals surface area contributed by atoms with Gasteiger partial charge in [-0.05, 0) is 86.9 Å². The Morgan fingerprint density at radius 2 is 1.82 bits per heavy atom. The number of hydrogen-bond acceptors (Lipinski definition) is 3. The van der Waals surface area contributed by atoms with Gasteiger partial charge in [-0.25, -0.2) is 0 Å². The Labute approximate surface area is 134 Å². The number of rotatable bonds is 0. The van der Waals surface area contributed by atoms with E-state index in [0.717, 1.165) is 48.6 Å². The molecule has 4 fully saturated rings. The minimum Gasteiger partial charge on any atom is -0.411 e. The molecule has 0 heterocycles. The first-order chi connectivity index (χ1) is 10.5. The molecular formula is C19H31NO2. The molecule has 7 atom stereocenters. The van der Waals surface area contributed by atoms with Crippen LogP contribution in [0.15, 0.2) is 5.16 Å². The topological polar surface area (TPSA) is 52.8 Å². The van der Waals surface area contributed by atoms with Crippen molar-refractivity contribution in [2.75, 3.05) is 0 Å². The molecule has 124 valence electrons. The van der Waals surface area contributed by atoms with E-state index >= 15 is 0 Å². The lowest BCUT2D eigenvalue weighted by Gasteiger charge is -2.60. The molecule has 0 spiro atoms. The summed E-state index contributed by atoms with van der Waals surface area (Å²) in [5, 5.41) is 23.1. The van der Waals surface area contributed by atoms with Crippen LogP contribution in [0.3, 0.4) is 0 Å². The van der Waals surface area contributed by atoms with Crippen LogP contribution >= 0.6 is 0 Å². The maximum atomic E-state index is 10.1. The highest BCUT2D eigenvalue weighted by molar-refractivity contribution is 5.91. The van der Waals surface area contributed by atoms with Crippen LogP contribution in [-0.4, -0.2) is 22.1 Å². The predicted octanol–water partition coefficient (Wildman–Crippen LogP) is 4.22. The summed E-state index contributed by atoms with van der Waals surface area (Å²) >= 11 is 0. The molecule has 0 saturated heterocycles. The Balaban J connectivity index is 1.63. The van der Waals surface area contributed by atoms with Gasteiger partial charge >= 0.3 is 0 Å². The van der Waals surface area contributed by atoms with Crippen LogP contribution in [0.1, 0.15) is 71.6 Å². The number of aliphatic hydroxyl groups excluding tert-OH is 1. The van der Waals surface area contributed by atoms with Gasteiger partial charge in [-0.3, -0.25) is 0 Å². The lowest BCUT2D eigenvalue weighted by atomic mass is 9.45. The summed E-state index contributed by atoms with van der Waals surface area (Å²) in [5.41, 5.74) is 1.68. The fourth-order valence-electron chi connectivity index (χ4n) is 7.19. The number of nitrogens with zero attached hydrogens (tertiary/aromatic N) is 1. The fraction of sp³-hybridized carbons (Fsp3) is 0.947. The van der Waals surface area contributed by atoms with Gasteiger partial charge in [0.15, 0.2) is 0 Å². The summed E-state index contributed by atoms with van der Waals surface area (Å²) in [7, 11) is 0. The maximum Gasteiger partial charge on any atom is 0.0632 e. The van der Waals surface area contributed by atoms with E-state index in [-0.39, 0.29) is 11.5 Å². The SMILES string of the molecule is C[C@@]12CC[C@@H](O)C[C@@H]1CC[C@H]1[C@H]2CC[C@]2(C)/C(=N\O)CC[C@H]12. The van der Waals surface area contributed by atoms with Crippen LogP contribution in [0, 0.1) is 34.5 Å². The zero-order valence-electron chi connectivity index (χ0n) is 14.1. The van der Waals surface area contributed by atoms with E-state index in [1.54, 1.807) is 0 Å². The summed E-state index contributed by atoms with van der Waals surface area (Å²) in [5.74, 6) is 3.10. The fourth-order valence-corrected chi connectivity index (χ4v) is 7.19. The van der Waals surface area contributed by atoms with Crippen LogP contribution in [-0.2, 0) is 0 Å². The Bertz CT molecular complexity index is 490. The van der Waals surface area contributed by atoms with E-state index < -0.39 is 0 Å². The standard InChI is InChI=1S/C19H31NO2/c1-18-9-7-13(21)11-12(18)3-4-14-15-5-6-17(20-22)19(15,2)10-8-16(14)18/h12-16,21-22H,3-11H2,1-2H3/b20-17-/t12-,13+,14+,15+,16+,18+,19-/m0/s1. The Morgan fingerprint density at radius 3 is 2.59 bits per heavy atom. The molecule has 0 aromatic rings. The number of fused-ring (bicyclic) bond motifs is 5. The second-order valence-corrected chi connectivity index (χ2v) is 9.13. The predicted molar refractivity (Wildman–Crippen MR) is 87.0 cm³/mol. The third-order valence-electron chi connectivity index (χ3n) is 8.50. The van der Waals surface area contributed by atoms with Crippen molar-refractivity contribution in [2.24, 2.45) is 39.7 Å². The van der Waals surface area contributed by atoms with Crippen molar-refractivity contribution in [3.05, 3.63) is 0 Å². The lowest BCUT2D eigenvalue weighted by Crippen LogP contribution is -2.54. The van der Waals surface area contributed by atoms with E-state index in [4.69, 9.17) is 0 Å². The first-order valence-electron chi connectivity index (χ1n) is 9.38. The Hall–Kier alpha value is -0.570. The molecule has 0 radical (unpaired) electrons. The Morgan fingerprint density at radius 1 is 1.00 bits per heavy atom. The third-order valence-corrected chi connectivity index (χ3v) is 8.50. The quantitative estimate of drug-likeness (QED) is 0.520. The molecule has 3 heteroatoms. The molecule has 4 rings (SSSR count). The molecule has 0 bridgehead atoms. The zero-order valence-corrected chi connectivity index (χ0v) is 14.1. The molecule has 4 aliphatic carbocycles. The van der Waals surface area contributed by atoms with E-state index in [2.05, 4.69) is 19.0 Å². The minimum absolute atomic E-state index is 0.0527. The molecule has 0 aromatic heterocycles. The molecule has 0 aliphatic heterocycles. The van der Waals surface area contributed by atoms with Gasteiger partial charge in [0.05, 0.1) is 11.8 Å². The Kier molecular flexibility index (Phi) is 3.38. The van der Waals surface area contributed by atoms with Crippen molar-refractivity contribution in [3.63, 3.8) is 0 Å². The summed E-state index contributed by atoms with van der Waals surface area (Å²) in [6.45, 7) is 4.88. The van der Waals surface area contributed by atoms with Crippen LogP contribution in [0.5, 0.6) is 0 Å². The summed E-state index contributed by atoms with van der Waals surface area (Å²) < 4.78 is 0. The molecule has 2 N–H and O–H groups in total. The van der Waals surface area contributed by atoms with Gasteiger partial charge in [0.1, 0.15) is 0 Å². The summed E-state index contributed by atoms with van der Waals surface area (Å²) in [6.07, 6.45) is 10.5.